The zero-order valence-corrected chi connectivity index (χ0v) is 15.0. The first-order valence-corrected chi connectivity index (χ1v) is 9.49. The lowest BCUT2D eigenvalue weighted by molar-refractivity contribution is -0.279. The average molecular weight is 316 g/mol. The van der Waals surface area contributed by atoms with Crippen molar-refractivity contribution in [1.29, 1.82) is 0 Å². The minimum Gasteiger partial charge on any atom is -0.346 e. The second kappa shape index (κ2) is 7.36. The molecular weight excluding hydrogens is 284 g/mol. The summed E-state index contributed by atoms with van der Waals surface area (Å²) >= 11 is 0. The Hall–Kier alpha value is -0.860. The quantitative estimate of drug-likeness (QED) is 0.718. The van der Waals surface area contributed by atoms with Gasteiger partial charge in [0.2, 0.25) is 0 Å². The first kappa shape index (κ1) is 17.0. The van der Waals surface area contributed by atoms with E-state index in [2.05, 4.69) is 38.1 Å². The third-order valence-electron chi connectivity index (χ3n) is 5.74. The van der Waals surface area contributed by atoms with Crippen LogP contribution >= 0.6 is 0 Å². The molecule has 0 aromatic heterocycles. The molecule has 0 bridgehead atoms. The zero-order valence-electron chi connectivity index (χ0n) is 15.0. The molecule has 1 saturated heterocycles. The van der Waals surface area contributed by atoms with E-state index in [-0.39, 0.29) is 0 Å². The monoisotopic (exact) mass is 316 g/mol. The Morgan fingerprint density at radius 2 is 1.61 bits per heavy atom. The van der Waals surface area contributed by atoms with Gasteiger partial charge in [0.1, 0.15) is 0 Å². The van der Waals surface area contributed by atoms with Crippen LogP contribution in [0.4, 0.5) is 0 Å². The number of ether oxygens (including phenoxy) is 2. The molecule has 2 heteroatoms. The summed E-state index contributed by atoms with van der Waals surface area (Å²) in [5.74, 6) is 1.64. The van der Waals surface area contributed by atoms with E-state index in [0.717, 1.165) is 30.6 Å². The first-order chi connectivity index (χ1) is 11.1. The van der Waals surface area contributed by atoms with Crippen LogP contribution in [0.15, 0.2) is 24.3 Å². The lowest BCUT2D eigenvalue weighted by atomic mass is 9.77. The maximum atomic E-state index is 5.97. The van der Waals surface area contributed by atoms with Crippen molar-refractivity contribution >= 4 is 0 Å². The molecule has 0 amide bonds. The second-order valence-corrected chi connectivity index (χ2v) is 7.80. The predicted molar refractivity (Wildman–Crippen MR) is 94.5 cm³/mol. The van der Waals surface area contributed by atoms with Crippen LogP contribution in [0.1, 0.15) is 76.3 Å². The number of hydrogen-bond donors (Lipinski definition) is 0. The fourth-order valence-electron chi connectivity index (χ4n) is 4.11. The molecule has 2 nitrogen and oxygen atoms in total. The fourth-order valence-corrected chi connectivity index (χ4v) is 4.11. The van der Waals surface area contributed by atoms with E-state index in [9.17, 15) is 0 Å². The highest BCUT2D eigenvalue weighted by molar-refractivity contribution is 5.28. The van der Waals surface area contributed by atoms with E-state index in [1.807, 2.05) is 6.92 Å². The summed E-state index contributed by atoms with van der Waals surface area (Å²) in [5.41, 5.74) is 2.64. The molecule has 1 saturated carbocycles. The fraction of sp³-hybridized carbons (Fsp3) is 0.714. The van der Waals surface area contributed by atoms with Gasteiger partial charge in [0, 0.05) is 11.5 Å². The molecule has 0 N–H and O–H groups in total. The molecule has 1 aliphatic carbocycles. The normalized spacial score (nSPS) is 35.2. The smallest absolute Gasteiger partial charge is 0.191 e. The second-order valence-electron chi connectivity index (χ2n) is 7.80. The summed E-state index contributed by atoms with van der Waals surface area (Å²) in [6.07, 6.45) is 8.26. The lowest BCUT2D eigenvalue weighted by Crippen LogP contribution is -2.38. The molecule has 0 atom stereocenters. The maximum Gasteiger partial charge on any atom is 0.191 e. The van der Waals surface area contributed by atoms with Crippen molar-refractivity contribution in [2.75, 3.05) is 13.2 Å². The van der Waals surface area contributed by atoms with E-state index in [1.54, 1.807) is 0 Å². The summed E-state index contributed by atoms with van der Waals surface area (Å²) in [6, 6.07) is 9.03. The highest BCUT2D eigenvalue weighted by Gasteiger charge is 2.33. The minimum atomic E-state index is -0.566. The van der Waals surface area contributed by atoms with Crippen LogP contribution in [0, 0.1) is 11.8 Å². The Bertz CT molecular complexity index is 477. The molecule has 23 heavy (non-hydrogen) atoms. The Morgan fingerprint density at radius 1 is 1.00 bits per heavy atom. The first-order valence-electron chi connectivity index (χ1n) is 9.49. The largest absolute Gasteiger partial charge is 0.346 e. The molecule has 128 valence electrons. The molecule has 0 radical (unpaired) electrons. The van der Waals surface area contributed by atoms with Gasteiger partial charge in [-0.2, -0.15) is 0 Å². The van der Waals surface area contributed by atoms with Crippen molar-refractivity contribution in [3.8, 4) is 0 Å². The maximum absolute atomic E-state index is 5.97. The predicted octanol–water partition coefficient (Wildman–Crippen LogP) is 5.62. The van der Waals surface area contributed by atoms with Crippen LogP contribution in [-0.4, -0.2) is 13.2 Å². The van der Waals surface area contributed by atoms with Gasteiger partial charge < -0.3 is 9.47 Å². The lowest BCUT2D eigenvalue weighted by Gasteiger charge is -2.37. The van der Waals surface area contributed by atoms with Gasteiger partial charge in [-0.25, -0.2) is 0 Å². The number of benzene rings is 1. The molecular formula is C21H32O2. The molecule has 2 fully saturated rings. The van der Waals surface area contributed by atoms with Crippen LogP contribution in [0.2, 0.25) is 0 Å². The van der Waals surface area contributed by atoms with Crippen LogP contribution < -0.4 is 0 Å². The van der Waals surface area contributed by atoms with Gasteiger partial charge in [-0.3, -0.25) is 0 Å². The van der Waals surface area contributed by atoms with Crippen molar-refractivity contribution in [2.24, 2.45) is 11.8 Å². The standard InChI is InChI=1S/C21H32O2/c1-4-5-17-6-8-18(9-7-17)19-10-12-20(13-11-19)21(3)22-14-16(2)15-23-21/h10-13,16-18H,4-9,14-15H2,1-3H3. The van der Waals surface area contributed by atoms with Gasteiger partial charge >= 0.3 is 0 Å². The molecule has 2 aliphatic rings. The topological polar surface area (TPSA) is 18.5 Å². The number of rotatable bonds is 4. The van der Waals surface area contributed by atoms with Crippen LogP contribution in [0.25, 0.3) is 0 Å². The van der Waals surface area contributed by atoms with Gasteiger partial charge in [0.25, 0.3) is 0 Å². The van der Waals surface area contributed by atoms with Gasteiger partial charge in [-0.1, -0.05) is 51.0 Å². The third kappa shape index (κ3) is 3.97. The van der Waals surface area contributed by atoms with E-state index in [0.29, 0.717) is 5.92 Å². The van der Waals surface area contributed by atoms with Gasteiger partial charge in [-0.05, 0) is 50.0 Å². The van der Waals surface area contributed by atoms with Gasteiger partial charge in [0.05, 0.1) is 13.2 Å². The summed E-state index contributed by atoms with van der Waals surface area (Å²) in [6.45, 7) is 8.07. The molecule has 0 spiro atoms. The third-order valence-corrected chi connectivity index (χ3v) is 5.74. The molecule has 0 unspecified atom stereocenters. The van der Waals surface area contributed by atoms with Crippen molar-refractivity contribution in [3.63, 3.8) is 0 Å². The Morgan fingerprint density at radius 3 is 2.17 bits per heavy atom. The molecule has 1 aliphatic heterocycles. The summed E-state index contributed by atoms with van der Waals surface area (Å²) in [7, 11) is 0. The molecule has 1 heterocycles. The van der Waals surface area contributed by atoms with E-state index < -0.39 is 5.79 Å². The van der Waals surface area contributed by atoms with Crippen LogP contribution in [-0.2, 0) is 15.3 Å². The summed E-state index contributed by atoms with van der Waals surface area (Å²) < 4.78 is 11.9. The zero-order chi connectivity index (χ0) is 16.3. The van der Waals surface area contributed by atoms with Gasteiger partial charge in [0.15, 0.2) is 5.79 Å². The van der Waals surface area contributed by atoms with Crippen LogP contribution in [0.5, 0.6) is 0 Å². The molecule has 1 aromatic rings. The minimum absolute atomic E-state index is 0.487. The number of hydrogen-bond acceptors (Lipinski definition) is 2. The Balaban J connectivity index is 1.61. The highest BCUT2D eigenvalue weighted by atomic mass is 16.7. The van der Waals surface area contributed by atoms with Crippen molar-refractivity contribution in [3.05, 3.63) is 35.4 Å². The summed E-state index contributed by atoms with van der Waals surface area (Å²) in [5, 5.41) is 0. The summed E-state index contributed by atoms with van der Waals surface area (Å²) in [4.78, 5) is 0. The van der Waals surface area contributed by atoms with Crippen molar-refractivity contribution < 1.29 is 9.47 Å². The van der Waals surface area contributed by atoms with E-state index in [1.165, 1.54) is 44.1 Å². The van der Waals surface area contributed by atoms with E-state index in [4.69, 9.17) is 9.47 Å². The molecule has 1 aromatic carbocycles. The van der Waals surface area contributed by atoms with Gasteiger partial charge in [-0.15, -0.1) is 0 Å². The molecule has 3 rings (SSSR count). The average Bonchev–Trinajstić information content (AvgIpc) is 2.59. The van der Waals surface area contributed by atoms with Crippen LogP contribution in [0.3, 0.4) is 0 Å². The SMILES string of the molecule is CCCC1CCC(c2ccc(C3(C)OCC(C)CO3)cc2)CC1. The van der Waals surface area contributed by atoms with Crippen molar-refractivity contribution in [1.82, 2.24) is 0 Å². The Labute approximate surface area is 141 Å². The Kier molecular flexibility index (Phi) is 5.43. The van der Waals surface area contributed by atoms with E-state index >= 15 is 0 Å². The highest BCUT2D eigenvalue weighted by Crippen LogP contribution is 2.38. The van der Waals surface area contributed by atoms with Crippen molar-refractivity contribution in [2.45, 2.75) is 71.0 Å².